The second kappa shape index (κ2) is 5.33. The van der Waals surface area contributed by atoms with E-state index in [0.29, 0.717) is 6.04 Å². The minimum Gasteiger partial charge on any atom is -0.338 e. The van der Waals surface area contributed by atoms with E-state index >= 15 is 0 Å². The lowest BCUT2D eigenvalue weighted by atomic mass is 10.1. The van der Waals surface area contributed by atoms with Crippen molar-refractivity contribution in [3.05, 3.63) is 38.5 Å². The second-order valence-electron chi connectivity index (χ2n) is 4.11. The number of aromatic nitrogens is 2. The Bertz CT molecular complexity index is 484. The summed E-state index contributed by atoms with van der Waals surface area (Å²) in [6.07, 6.45) is 4.74. The predicted octanol–water partition coefficient (Wildman–Crippen LogP) is 3.06. The minimum atomic E-state index is 0.325. The van der Waals surface area contributed by atoms with Crippen molar-refractivity contribution in [2.45, 2.75) is 19.4 Å². The van der Waals surface area contributed by atoms with Crippen molar-refractivity contribution < 1.29 is 0 Å². The minimum absolute atomic E-state index is 0.325. The third kappa shape index (κ3) is 2.78. The fourth-order valence-electron chi connectivity index (χ4n) is 1.78. The van der Waals surface area contributed by atoms with Crippen LogP contribution < -0.4 is 5.32 Å². The molecule has 92 valence electrons. The van der Waals surface area contributed by atoms with E-state index in [1.807, 2.05) is 26.5 Å². The summed E-state index contributed by atoms with van der Waals surface area (Å²) in [6.45, 7) is 2.12. The van der Waals surface area contributed by atoms with Crippen LogP contribution in [0.25, 0.3) is 0 Å². The molecule has 2 heterocycles. The third-order valence-corrected chi connectivity index (χ3v) is 5.13. The van der Waals surface area contributed by atoms with Crippen LogP contribution in [0.15, 0.2) is 22.2 Å². The largest absolute Gasteiger partial charge is 0.338 e. The van der Waals surface area contributed by atoms with Crippen molar-refractivity contribution in [2.24, 2.45) is 7.05 Å². The lowest BCUT2D eigenvalue weighted by Crippen LogP contribution is -2.19. The van der Waals surface area contributed by atoms with Crippen molar-refractivity contribution in [2.75, 3.05) is 7.05 Å². The summed E-state index contributed by atoms with van der Waals surface area (Å²) in [5.74, 6) is 1.10. The van der Waals surface area contributed by atoms with Gasteiger partial charge in [0.15, 0.2) is 0 Å². The summed E-state index contributed by atoms with van der Waals surface area (Å²) < 4.78 is 3.28. The molecule has 0 spiro atoms. The summed E-state index contributed by atoms with van der Waals surface area (Å²) >= 11 is 5.37. The number of likely N-dealkylation sites (N-methyl/N-ethyl adjacent to an activating group) is 1. The maximum Gasteiger partial charge on any atom is 0.110 e. The predicted molar refractivity (Wildman–Crippen MR) is 75.5 cm³/mol. The second-order valence-corrected chi connectivity index (χ2v) is 6.51. The normalized spacial score (nSPS) is 12.9. The first kappa shape index (κ1) is 12.8. The maximum atomic E-state index is 4.37. The monoisotopic (exact) mass is 313 g/mol. The molecule has 0 fully saturated rings. The van der Waals surface area contributed by atoms with E-state index in [2.05, 4.69) is 43.8 Å². The Balaban J connectivity index is 2.20. The Hall–Kier alpha value is -0.650. The SMILES string of the molecule is CNC(Cc1nccn1C)c1cc(C)c(Br)s1. The van der Waals surface area contributed by atoms with Crippen molar-refractivity contribution in [1.29, 1.82) is 0 Å². The van der Waals surface area contributed by atoms with Crippen molar-refractivity contribution >= 4 is 27.3 Å². The van der Waals surface area contributed by atoms with E-state index in [1.54, 1.807) is 11.3 Å². The molecule has 0 aromatic carbocycles. The van der Waals surface area contributed by atoms with E-state index in [-0.39, 0.29) is 0 Å². The molecule has 0 aliphatic carbocycles. The molecule has 2 rings (SSSR count). The van der Waals surface area contributed by atoms with Gasteiger partial charge in [-0.3, -0.25) is 0 Å². The highest BCUT2D eigenvalue weighted by Crippen LogP contribution is 2.32. The number of halogens is 1. The van der Waals surface area contributed by atoms with Gasteiger partial charge in [-0.05, 0) is 41.5 Å². The van der Waals surface area contributed by atoms with Crippen LogP contribution in [-0.2, 0) is 13.5 Å². The molecule has 0 aliphatic rings. The summed E-state index contributed by atoms with van der Waals surface area (Å²) in [5, 5.41) is 3.36. The van der Waals surface area contributed by atoms with Gasteiger partial charge < -0.3 is 9.88 Å². The van der Waals surface area contributed by atoms with Crippen LogP contribution >= 0.6 is 27.3 Å². The van der Waals surface area contributed by atoms with Crippen molar-refractivity contribution in [3.63, 3.8) is 0 Å². The molecule has 0 radical (unpaired) electrons. The highest BCUT2D eigenvalue weighted by molar-refractivity contribution is 9.11. The van der Waals surface area contributed by atoms with E-state index < -0.39 is 0 Å². The summed E-state index contributed by atoms with van der Waals surface area (Å²) in [4.78, 5) is 5.72. The van der Waals surface area contributed by atoms with Gasteiger partial charge >= 0.3 is 0 Å². The van der Waals surface area contributed by atoms with E-state index in [1.165, 1.54) is 14.2 Å². The van der Waals surface area contributed by atoms with Gasteiger partial charge in [0, 0.05) is 36.8 Å². The average molecular weight is 314 g/mol. The summed E-state index contributed by atoms with van der Waals surface area (Å²) in [6, 6.07) is 2.56. The maximum absolute atomic E-state index is 4.37. The number of thiophene rings is 1. The van der Waals surface area contributed by atoms with E-state index in [4.69, 9.17) is 0 Å². The van der Waals surface area contributed by atoms with Crippen LogP contribution in [-0.4, -0.2) is 16.6 Å². The number of rotatable bonds is 4. The van der Waals surface area contributed by atoms with E-state index in [0.717, 1.165) is 12.2 Å². The smallest absolute Gasteiger partial charge is 0.110 e. The van der Waals surface area contributed by atoms with Crippen LogP contribution in [0.4, 0.5) is 0 Å². The Labute approximate surface area is 114 Å². The number of nitrogens with zero attached hydrogens (tertiary/aromatic N) is 2. The first-order valence-electron chi connectivity index (χ1n) is 5.51. The van der Waals surface area contributed by atoms with Crippen molar-refractivity contribution in [1.82, 2.24) is 14.9 Å². The number of hydrogen-bond acceptors (Lipinski definition) is 3. The molecule has 2 aromatic heterocycles. The molecule has 0 saturated heterocycles. The molecule has 1 unspecified atom stereocenters. The molecule has 1 N–H and O–H groups in total. The Morgan fingerprint density at radius 2 is 2.35 bits per heavy atom. The van der Waals surface area contributed by atoms with Gasteiger partial charge in [-0.25, -0.2) is 4.98 Å². The number of aryl methyl sites for hydroxylation is 2. The highest BCUT2D eigenvalue weighted by Gasteiger charge is 2.16. The quantitative estimate of drug-likeness (QED) is 0.940. The Morgan fingerprint density at radius 3 is 2.82 bits per heavy atom. The van der Waals surface area contributed by atoms with Crippen LogP contribution in [0, 0.1) is 6.92 Å². The molecule has 1 atom stereocenters. The fourth-order valence-corrected chi connectivity index (χ4v) is 3.46. The van der Waals surface area contributed by atoms with Gasteiger partial charge in [0.1, 0.15) is 5.82 Å². The lowest BCUT2D eigenvalue weighted by Gasteiger charge is -2.14. The molecule has 0 amide bonds. The fraction of sp³-hybridized carbons (Fsp3) is 0.417. The third-order valence-electron chi connectivity index (χ3n) is 2.88. The van der Waals surface area contributed by atoms with E-state index in [9.17, 15) is 0 Å². The zero-order chi connectivity index (χ0) is 12.4. The number of imidazole rings is 1. The van der Waals surface area contributed by atoms with Gasteiger partial charge in [0.2, 0.25) is 0 Å². The Morgan fingerprint density at radius 1 is 1.59 bits per heavy atom. The van der Waals surface area contributed by atoms with Gasteiger partial charge in [0.05, 0.1) is 3.79 Å². The molecule has 0 bridgehead atoms. The van der Waals surface area contributed by atoms with Gasteiger partial charge in [-0.1, -0.05) is 0 Å². The standard InChI is InChI=1S/C12H16BrN3S/c1-8-6-10(17-12(8)13)9(14-2)7-11-15-4-5-16(11)3/h4-6,9,14H,7H2,1-3H3. The zero-order valence-electron chi connectivity index (χ0n) is 10.2. The van der Waals surface area contributed by atoms with Crippen LogP contribution in [0.1, 0.15) is 22.3 Å². The topological polar surface area (TPSA) is 29.9 Å². The van der Waals surface area contributed by atoms with Crippen LogP contribution in [0.3, 0.4) is 0 Å². The van der Waals surface area contributed by atoms with Crippen LogP contribution in [0.5, 0.6) is 0 Å². The van der Waals surface area contributed by atoms with Gasteiger partial charge in [-0.15, -0.1) is 11.3 Å². The van der Waals surface area contributed by atoms with Gasteiger partial charge in [-0.2, -0.15) is 0 Å². The average Bonchev–Trinajstić information content (AvgIpc) is 2.83. The number of hydrogen-bond donors (Lipinski definition) is 1. The molecule has 5 heteroatoms. The van der Waals surface area contributed by atoms with Gasteiger partial charge in [0.25, 0.3) is 0 Å². The summed E-state index contributed by atoms with van der Waals surface area (Å²) in [7, 11) is 4.03. The summed E-state index contributed by atoms with van der Waals surface area (Å²) in [5.41, 5.74) is 1.30. The Kier molecular flexibility index (Phi) is 4.01. The molecular weight excluding hydrogens is 298 g/mol. The van der Waals surface area contributed by atoms with Crippen LogP contribution in [0.2, 0.25) is 0 Å². The molecule has 3 nitrogen and oxygen atoms in total. The molecule has 2 aromatic rings. The molecule has 17 heavy (non-hydrogen) atoms. The molecule has 0 aliphatic heterocycles. The zero-order valence-corrected chi connectivity index (χ0v) is 12.6. The molecule has 0 saturated carbocycles. The van der Waals surface area contributed by atoms with Crippen molar-refractivity contribution in [3.8, 4) is 0 Å². The number of nitrogens with one attached hydrogen (secondary N) is 1. The lowest BCUT2D eigenvalue weighted by molar-refractivity contribution is 0.572. The molecular formula is C12H16BrN3S. The first-order valence-corrected chi connectivity index (χ1v) is 7.12. The first-order chi connectivity index (χ1) is 8.11. The highest BCUT2D eigenvalue weighted by atomic mass is 79.9.